The molecule has 0 saturated heterocycles. The van der Waals surface area contributed by atoms with E-state index in [9.17, 15) is 4.79 Å². The highest BCUT2D eigenvalue weighted by Crippen LogP contribution is 2.10. The zero-order valence-corrected chi connectivity index (χ0v) is 8.68. The minimum atomic E-state index is -0.913. The van der Waals surface area contributed by atoms with Gasteiger partial charge in [-0.1, -0.05) is 36.4 Å². The molecule has 0 aliphatic heterocycles. The van der Waals surface area contributed by atoms with Crippen LogP contribution in [-0.2, 0) is 4.79 Å². The summed E-state index contributed by atoms with van der Waals surface area (Å²) in [5, 5.41) is 11.6. The molecule has 2 N–H and O–H groups in total. The summed E-state index contributed by atoms with van der Waals surface area (Å²) in [7, 11) is 0. The van der Waals surface area contributed by atoms with Crippen molar-refractivity contribution in [1.82, 2.24) is 5.32 Å². The van der Waals surface area contributed by atoms with Crippen molar-refractivity contribution in [2.45, 2.75) is 13.0 Å². The average Bonchev–Trinajstić information content (AvgIpc) is 2.25. The van der Waals surface area contributed by atoms with E-state index in [0.29, 0.717) is 6.54 Å². The van der Waals surface area contributed by atoms with Crippen LogP contribution in [0.4, 0.5) is 0 Å². The van der Waals surface area contributed by atoms with Crippen LogP contribution >= 0.6 is 0 Å². The van der Waals surface area contributed by atoms with E-state index in [4.69, 9.17) is 5.11 Å². The van der Waals surface area contributed by atoms with Gasteiger partial charge in [0.15, 0.2) is 0 Å². The van der Waals surface area contributed by atoms with Gasteiger partial charge in [-0.15, -0.1) is 0 Å². The van der Waals surface area contributed by atoms with Crippen molar-refractivity contribution in [2.75, 3.05) is 6.54 Å². The topological polar surface area (TPSA) is 49.3 Å². The molecule has 0 amide bonds. The standard InChI is InChI=1S/C12H15NO2/c1-10(11-6-3-2-4-7-11)13-9-5-8-12(14)15/h2-8,10,13H,9H2,1H3,(H,14,15)/b8-5+. The van der Waals surface area contributed by atoms with E-state index in [0.717, 1.165) is 6.08 Å². The Morgan fingerprint density at radius 1 is 1.47 bits per heavy atom. The highest BCUT2D eigenvalue weighted by Gasteiger charge is 2.01. The van der Waals surface area contributed by atoms with Crippen LogP contribution < -0.4 is 5.32 Å². The van der Waals surface area contributed by atoms with Gasteiger partial charge >= 0.3 is 5.97 Å². The summed E-state index contributed by atoms with van der Waals surface area (Å²) in [4.78, 5) is 10.2. The van der Waals surface area contributed by atoms with E-state index in [1.165, 1.54) is 5.56 Å². The molecule has 15 heavy (non-hydrogen) atoms. The molecule has 0 aromatic heterocycles. The number of hydrogen-bond donors (Lipinski definition) is 2. The van der Waals surface area contributed by atoms with Gasteiger partial charge in [0.2, 0.25) is 0 Å². The second kappa shape index (κ2) is 5.98. The molecule has 3 nitrogen and oxygen atoms in total. The Kier molecular flexibility index (Phi) is 4.57. The molecule has 3 heteroatoms. The van der Waals surface area contributed by atoms with Crippen molar-refractivity contribution in [3.63, 3.8) is 0 Å². The summed E-state index contributed by atoms with van der Waals surface area (Å²) in [5.74, 6) is -0.913. The van der Waals surface area contributed by atoms with Gasteiger partial charge in [0.1, 0.15) is 0 Å². The first-order valence-electron chi connectivity index (χ1n) is 4.88. The van der Waals surface area contributed by atoms with Crippen molar-refractivity contribution in [2.24, 2.45) is 0 Å². The lowest BCUT2D eigenvalue weighted by Crippen LogP contribution is -2.18. The summed E-state index contributed by atoms with van der Waals surface area (Å²) < 4.78 is 0. The van der Waals surface area contributed by atoms with Gasteiger partial charge in [-0.25, -0.2) is 4.79 Å². The maximum absolute atomic E-state index is 10.2. The molecule has 0 aliphatic carbocycles. The first-order chi connectivity index (χ1) is 7.20. The van der Waals surface area contributed by atoms with E-state index in [2.05, 4.69) is 5.32 Å². The average molecular weight is 205 g/mol. The van der Waals surface area contributed by atoms with Gasteiger partial charge in [0.05, 0.1) is 0 Å². The number of benzene rings is 1. The van der Waals surface area contributed by atoms with E-state index in [-0.39, 0.29) is 6.04 Å². The molecule has 0 spiro atoms. The molecule has 1 atom stereocenters. The number of carboxylic acid groups (broad SMARTS) is 1. The number of rotatable bonds is 5. The smallest absolute Gasteiger partial charge is 0.328 e. The van der Waals surface area contributed by atoms with Crippen LogP contribution in [-0.4, -0.2) is 17.6 Å². The van der Waals surface area contributed by atoms with E-state index < -0.39 is 5.97 Å². The number of hydrogen-bond acceptors (Lipinski definition) is 2. The molecule has 0 radical (unpaired) electrons. The van der Waals surface area contributed by atoms with E-state index in [1.54, 1.807) is 6.08 Å². The Balaban J connectivity index is 2.37. The molecule has 80 valence electrons. The Bertz CT molecular complexity index is 333. The van der Waals surface area contributed by atoms with Gasteiger partial charge in [-0.3, -0.25) is 0 Å². The number of nitrogens with one attached hydrogen (secondary N) is 1. The predicted molar refractivity (Wildman–Crippen MR) is 59.6 cm³/mol. The van der Waals surface area contributed by atoms with Crippen LogP contribution in [0.25, 0.3) is 0 Å². The van der Waals surface area contributed by atoms with Crippen molar-refractivity contribution < 1.29 is 9.90 Å². The summed E-state index contributed by atoms with van der Waals surface area (Å²) >= 11 is 0. The predicted octanol–water partition coefficient (Wildman–Crippen LogP) is 1.98. The highest BCUT2D eigenvalue weighted by atomic mass is 16.4. The molecule has 0 fully saturated rings. The largest absolute Gasteiger partial charge is 0.478 e. The molecule has 0 bridgehead atoms. The Morgan fingerprint density at radius 3 is 2.73 bits per heavy atom. The lowest BCUT2D eigenvalue weighted by molar-refractivity contribution is -0.131. The molecular formula is C12H15NO2. The third kappa shape index (κ3) is 4.42. The number of aliphatic carboxylic acids is 1. The monoisotopic (exact) mass is 205 g/mol. The maximum Gasteiger partial charge on any atom is 0.328 e. The van der Waals surface area contributed by atoms with Crippen molar-refractivity contribution >= 4 is 5.97 Å². The third-order valence-corrected chi connectivity index (χ3v) is 2.10. The van der Waals surface area contributed by atoms with E-state index in [1.807, 2.05) is 37.3 Å². The normalized spacial score (nSPS) is 12.9. The molecule has 0 aliphatic rings. The zero-order chi connectivity index (χ0) is 11.1. The Labute approximate surface area is 89.4 Å². The van der Waals surface area contributed by atoms with Crippen molar-refractivity contribution in [3.8, 4) is 0 Å². The number of carbonyl (C=O) groups is 1. The SMILES string of the molecule is CC(NC/C=C/C(=O)O)c1ccccc1. The first-order valence-corrected chi connectivity index (χ1v) is 4.88. The molecule has 0 heterocycles. The van der Waals surface area contributed by atoms with Gasteiger partial charge in [0.25, 0.3) is 0 Å². The highest BCUT2D eigenvalue weighted by molar-refractivity contribution is 5.79. The van der Waals surface area contributed by atoms with Gasteiger partial charge < -0.3 is 10.4 Å². The summed E-state index contributed by atoms with van der Waals surface area (Å²) in [6.07, 6.45) is 2.74. The zero-order valence-electron chi connectivity index (χ0n) is 8.68. The molecule has 1 aromatic carbocycles. The van der Waals surface area contributed by atoms with E-state index >= 15 is 0 Å². The molecular weight excluding hydrogens is 190 g/mol. The second-order valence-corrected chi connectivity index (χ2v) is 3.28. The van der Waals surface area contributed by atoms with Gasteiger partial charge in [0, 0.05) is 18.7 Å². The fraction of sp³-hybridized carbons (Fsp3) is 0.250. The number of carboxylic acids is 1. The molecule has 0 saturated carbocycles. The van der Waals surface area contributed by atoms with Gasteiger partial charge in [-0.05, 0) is 12.5 Å². The van der Waals surface area contributed by atoms with Crippen LogP contribution in [0.5, 0.6) is 0 Å². The van der Waals surface area contributed by atoms with Crippen LogP contribution in [0.1, 0.15) is 18.5 Å². The van der Waals surface area contributed by atoms with Crippen LogP contribution in [0.15, 0.2) is 42.5 Å². The first kappa shape index (κ1) is 11.5. The summed E-state index contributed by atoms with van der Waals surface area (Å²) in [6.45, 7) is 2.60. The second-order valence-electron chi connectivity index (χ2n) is 3.28. The lowest BCUT2D eigenvalue weighted by Gasteiger charge is -2.12. The summed E-state index contributed by atoms with van der Waals surface area (Å²) in [5.41, 5.74) is 1.20. The maximum atomic E-state index is 10.2. The Hall–Kier alpha value is -1.61. The van der Waals surface area contributed by atoms with Crippen LogP contribution in [0.2, 0.25) is 0 Å². The minimum Gasteiger partial charge on any atom is -0.478 e. The van der Waals surface area contributed by atoms with Crippen molar-refractivity contribution in [3.05, 3.63) is 48.0 Å². The molecule has 1 aromatic rings. The fourth-order valence-corrected chi connectivity index (χ4v) is 1.26. The Morgan fingerprint density at radius 2 is 2.13 bits per heavy atom. The quantitative estimate of drug-likeness (QED) is 0.722. The van der Waals surface area contributed by atoms with Crippen LogP contribution in [0.3, 0.4) is 0 Å². The third-order valence-electron chi connectivity index (χ3n) is 2.10. The molecule has 1 unspecified atom stereocenters. The molecule has 1 rings (SSSR count). The minimum absolute atomic E-state index is 0.227. The lowest BCUT2D eigenvalue weighted by atomic mass is 10.1. The van der Waals surface area contributed by atoms with Gasteiger partial charge in [-0.2, -0.15) is 0 Å². The van der Waals surface area contributed by atoms with Crippen molar-refractivity contribution in [1.29, 1.82) is 0 Å². The fourth-order valence-electron chi connectivity index (χ4n) is 1.26. The van der Waals surface area contributed by atoms with Crippen LogP contribution in [0, 0.1) is 0 Å². The summed E-state index contributed by atoms with van der Waals surface area (Å²) in [6, 6.07) is 10.3.